The molecule has 2 fully saturated rings. The van der Waals surface area contributed by atoms with E-state index in [1.54, 1.807) is 0 Å². The summed E-state index contributed by atoms with van der Waals surface area (Å²) in [6.07, 6.45) is 32.3. The number of hydrogen-bond donors (Lipinski definition) is 0. The Balaban J connectivity index is 1.44. The third kappa shape index (κ3) is 11.5. The van der Waals surface area contributed by atoms with Gasteiger partial charge in [0.1, 0.15) is 0 Å². The third-order valence-electron chi connectivity index (χ3n) is 8.34. The van der Waals surface area contributed by atoms with Crippen LogP contribution in [0.4, 0.5) is 0 Å². The van der Waals surface area contributed by atoms with Crippen LogP contribution in [-0.2, 0) is 4.74 Å². The predicted octanol–water partition coefficient (Wildman–Crippen LogP) is 9.87. The molecule has 2 aliphatic carbocycles. The van der Waals surface area contributed by atoms with Crippen molar-refractivity contribution in [3.8, 4) is 0 Å². The van der Waals surface area contributed by atoms with Crippen LogP contribution in [0.25, 0.3) is 0 Å². The van der Waals surface area contributed by atoms with E-state index in [9.17, 15) is 0 Å². The van der Waals surface area contributed by atoms with Gasteiger partial charge in [0.25, 0.3) is 0 Å². The maximum absolute atomic E-state index is 6.23. The zero-order chi connectivity index (χ0) is 21.3. The first-order chi connectivity index (χ1) is 14.8. The van der Waals surface area contributed by atoms with Crippen molar-refractivity contribution in [2.45, 2.75) is 161 Å². The molecule has 2 rings (SSSR count). The molecule has 0 spiro atoms. The summed E-state index contributed by atoms with van der Waals surface area (Å²) < 4.78 is 6.23. The SMILES string of the molecule is CCCCCCCCCC1CCC(C2CCC(OCCCCCCCC)CC2)CC1. The van der Waals surface area contributed by atoms with Crippen molar-refractivity contribution in [2.24, 2.45) is 17.8 Å². The maximum atomic E-state index is 6.23. The van der Waals surface area contributed by atoms with Crippen LogP contribution in [0.2, 0.25) is 0 Å². The minimum Gasteiger partial charge on any atom is -0.378 e. The van der Waals surface area contributed by atoms with Crippen LogP contribution in [0.15, 0.2) is 0 Å². The van der Waals surface area contributed by atoms with E-state index in [4.69, 9.17) is 4.74 Å². The molecule has 0 heterocycles. The largest absolute Gasteiger partial charge is 0.378 e. The highest BCUT2D eigenvalue weighted by Crippen LogP contribution is 2.41. The normalized spacial score (nSPS) is 27.4. The zero-order valence-electron chi connectivity index (χ0n) is 21.0. The Labute approximate surface area is 190 Å². The van der Waals surface area contributed by atoms with Crippen molar-refractivity contribution in [2.75, 3.05) is 6.61 Å². The van der Waals surface area contributed by atoms with E-state index >= 15 is 0 Å². The Hall–Kier alpha value is -0.0400. The van der Waals surface area contributed by atoms with Gasteiger partial charge in [-0.05, 0) is 62.7 Å². The van der Waals surface area contributed by atoms with Crippen molar-refractivity contribution >= 4 is 0 Å². The topological polar surface area (TPSA) is 9.23 Å². The molecule has 0 aliphatic heterocycles. The summed E-state index contributed by atoms with van der Waals surface area (Å²) in [5.74, 6) is 3.14. The average Bonchev–Trinajstić information content (AvgIpc) is 2.79. The van der Waals surface area contributed by atoms with Crippen LogP contribution in [0.5, 0.6) is 0 Å². The van der Waals surface area contributed by atoms with E-state index in [1.807, 2.05) is 0 Å². The molecule has 0 atom stereocenters. The lowest BCUT2D eigenvalue weighted by Gasteiger charge is -2.38. The molecule has 0 saturated heterocycles. The first-order valence-corrected chi connectivity index (χ1v) is 14.4. The van der Waals surface area contributed by atoms with Gasteiger partial charge in [0.2, 0.25) is 0 Å². The monoisotopic (exact) mass is 420 g/mol. The van der Waals surface area contributed by atoms with E-state index in [0.717, 1.165) is 24.4 Å². The molecule has 0 N–H and O–H groups in total. The van der Waals surface area contributed by atoms with Crippen molar-refractivity contribution in [1.29, 1.82) is 0 Å². The lowest BCUT2D eigenvalue weighted by atomic mass is 9.70. The Kier molecular flexibility index (Phi) is 15.3. The van der Waals surface area contributed by atoms with Crippen molar-refractivity contribution in [3.05, 3.63) is 0 Å². The smallest absolute Gasteiger partial charge is 0.0575 e. The van der Waals surface area contributed by atoms with Gasteiger partial charge in [-0.15, -0.1) is 0 Å². The molecule has 0 amide bonds. The molecule has 2 aliphatic rings. The molecule has 178 valence electrons. The zero-order valence-corrected chi connectivity index (χ0v) is 21.0. The molecule has 0 radical (unpaired) electrons. The average molecular weight is 421 g/mol. The van der Waals surface area contributed by atoms with E-state index in [1.165, 1.54) is 141 Å². The minimum absolute atomic E-state index is 0.588. The van der Waals surface area contributed by atoms with Crippen LogP contribution < -0.4 is 0 Å². The molecular formula is C29H56O. The summed E-state index contributed by atoms with van der Waals surface area (Å²) in [7, 11) is 0. The summed E-state index contributed by atoms with van der Waals surface area (Å²) >= 11 is 0. The number of rotatable bonds is 17. The molecule has 0 unspecified atom stereocenters. The third-order valence-corrected chi connectivity index (χ3v) is 8.34. The van der Waals surface area contributed by atoms with Crippen LogP contribution >= 0.6 is 0 Å². The Morgan fingerprint density at radius 1 is 0.500 bits per heavy atom. The van der Waals surface area contributed by atoms with Crippen molar-refractivity contribution in [1.82, 2.24) is 0 Å². The standard InChI is InChI=1S/C29H56O/c1-3-5-7-9-11-12-14-16-26-17-19-27(20-18-26)28-21-23-29(24-22-28)30-25-15-13-10-8-6-4-2/h26-29H,3-25H2,1-2H3. The lowest BCUT2D eigenvalue weighted by molar-refractivity contribution is 0.00526. The van der Waals surface area contributed by atoms with E-state index < -0.39 is 0 Å². The van der Waals surface area contributed by atoms with Gasteiger partial charge in [-0.2, -0.15) is 0 Å². The molecule has 0 aromatic heterocycles. The predicted molar refractivity (Wildman–Crippen MR) is 133 cm³/mol. The number of unbranched alkanes of at least 4 members (excludes halogenated alkanes) is 11. The maximum Gasteiger partial charge on any atom is 0.0575 e. The molecule has 0 aromatic rings. The number of hydrogen-bond acceptors (Lipinski definition) is 1. The van der Waals surface area contributed by atoms with Crippen molar-refractivity contribution in [3.63, 3.8) is 0 Å². The highest BCUT2D eigenvalue weighted by Gasteiger charge is 2.30. The van der Waals surface area contributed by atoms with Gasteiger partial charge in [-0.1, -0.05) is 110 Å². The fraction of sp³-hybridized carbons (Fsp3) is 1.00. The van der Waals surface area contributed by atoms with Crippen molar-refractivity contribution < 1.29 is 4.74 Å². The summed E-state index contributed by atoms with van der Waals surface area (Å²) in [6, 6.07) is 0. The van der Waals surface area contributed by atoms with E-state index in [-0.39, 0.29) is 0 Å². The molecule has 2 saturated carbocycles. The summed E-state index contributed by atoms with van der Waals surface area (Å²) in [4.78, 5) is 0. The first kappa shape index (κ1) is 26.2. The number of ether oxygens (including phenoxy) is 1. The minimum atomic E-state index is 0.588. The van der Waals surface area contributed by atoms with Crippen LogP contribution in [0.3, 0.4) is 0 Å². The summed E-state index contributed by atoms with van der Waals surface area (Å²) in [6.45, 7) is 5.63. The van der Waals surface area contributed by atoms with Crippen LogP contribution in [-0.4, -0.2) is 12.7 Å². The summed E-state index contributed by atoms with van der Waals surface area (Å²) in [5, 5.41) is 0. The summed E-state index contributed by atoms with van der Waals surface area (Å²) in [5.41, 5.74) is 0. The fourth-order valence-corrected chi connectivity index (χ4v) is 6.20. The second-order valence-electron chi connectivity index (χ2n) is 10.9. The lowest BCUT2D eigenvalue weighted by Crippen LogP contribution is -2.28. The van der Waals surface area contributed by atoms with Crippen LogP contribution in [0.1, 0.15) is 155 Å². The van der Waals surface area contributed by atoms with E-state index in [2.05, 4.69) is 13.8 Å². The molecule has 1 nitrogen and oxygen atoms in total. The van der Waals surface area contributed by atoms with Gasteiger partial charge in [0.05, 0.1) is 6.10 Å². The second-order valence-corrected chi connectivity index (χ2v) is 10.9. The molecule has 0 aromatic carbocycles. The highest BCUT2D eigenvalue weighted by atomic mass is 16.5. The van der Waals surface area contributed by atoms with Gasteiger partial charge in [0.15, 0.2) is 0 Å². The Morgan fingerprint density at radius 2 is 0.967 bits per heavy atom. The van der Waals surface area contributed by atoms with Gasteiger partial charge < -0.3 is 4.74 Å². The highest BCUT2D eigenvalue weighted by molar-refractivity contribution is 4.82. The van der Waals surface area contributed by atoms with Gasteiger partial charge >= 0.3 is 0 Å². The fourth-order valence-electron chi connectivity index (χ4n) is 6.20. The molecule has 0 bridgehead atoms. The van der Waals surface area contributed by atoms with Gasteiger partial charge in [0, 0.05) is 6.61 Å². The molecule has 30 heavy (non-hydrogen) atoms. The second kappa shape index (κ2) is 17.5. The molecular weight excluding hydrogens is 364 g/mol. The van der Waals surface area contributed by atoms with Gasteiger partial charge in [-0.3, -0.25) is 0 Å². The van der Waals surface area contributed by atoms with Crippen LogP contribution in [0, 0.1) is 17.8 Å². The molecule has 1 heteroatoms. The van der Waals surface area contributed by atoms with Gasteiger partial charge in [-0.25, -0.2) is 0 Å². The Bertz CT molecular complexity index is 327. The van der Waals surface area contributed by atoms with E-state index in [0.29, 0.717) is 6.10 Å². The quantitative estimate of drug-likeness (QED) is 0.213. The Morgan fingerprint density at radius 3 is 1.53 bits per heavy atom. The first-order valence-electron chi connectivity index (χ1n) is 14.4.